The molecule has 1 amide bonds. The van der Waals surface area contributed by atoms with Gasteiger partial charge in [-0.2, -0.15) is 0 Å². The van der Waals surface area contributed by atoms with E-state index in [2.05, 4.69) is 17.6 Å². The standard InChI is InChI=1S/C11H13ClN2O/c1-2-7-6-10(15)14-11-8(12)4-3-5-9(11)13-7/h3-5,7,13H,2,6H2,1H3,(H,14,15). The Bertz CT molecular complexity index is 392. The van der Waals surface area contributed by atoms with Gasteiger partial charge in [0, 0.05) is 12.5 Å². The molecule has 0 fully saturated rings. The maximum Gasteiger partial charge on any atom is 0.226 e. The predicted molar refractivity (Wildman–Crippen MR) is 62.4 cm³/mol. The highest BCUT2D eigenvalue weighted by Crippen LogP contribution is 2.33. The maximum atomic E-state index is 11.6. The number of rotatable bonds is 1. The second kappa shape index (κ2) is 4.11. The Hall–Kier alpha value is -1.22. The summed E-state index contributed by atoms with van der Waals surface area (Å²) in [6.07, 6.45) is 1.40. The van der Waals surface area contributed by atoms with E-state index < -0.39 is 0 Å². The van der Waals surface area contributed by atoms with Crippen LogP contribution in [0, 0.1) is 0 Å². The van der Waals surface area contributed by atoms with Gasteiger partial charge in [0.2, 0.25) is 5.91 Å². The minimum Gasteiger partial charge on any atom is -0.380 e. The number of hydrogen-bond donors (Lipinski definition) is 2. The molecule has 0 aliphatic carbocycles. The highest BCUT2D eigenvalue weighted by atomic mass is 35.5. The van der Waals surface area contributed by atoms with E-state index in [0.717, 1.165) is 12.1 Å². The van der Waals surface area contributed by atoms with Gasteiger partial charge in [0.15, 0.2) is 0 Å². The topological polar surface area (TPSA) is 41.1 Å². The van der Waals surface area contributed by atoms with Crippen molar-refractivity contribution in [3.63, 3.8) is 0 Å². The van der Waals surface area contributed by atoms with Crippen molar-refractivity contribution in [2.75, 3.05) is 10.6 Å². The molecule has 0 spiro atoms. The summed E-state index contributed by atoms with van der Waals surface area (Å²) in [5.41, 5.74) is 1.60. The van der Waals surface area contributed by atoms with Crippen molar-refractivity contribution in [2.45, 2.75) is 25.8 Å². The molecule has 15 heavy (non-hydrogen) atoms. The summed E-state index contributed by atoms with van der Waals surface area (Å²) < 4.78 is 0. The van der Waals surface area contributed by atoms with Gasteiger partial charge in [-0.15, -0.1) is 0 Å². The SMILES string of the molecule is CCC1CC(=O)Nc2c(Cl)cccc2N1. The van der Waals surface area contributed by atoms with Crippen LogP contribution in [0.5, 0.6) is 0 Å². The third-order valence-corrected chi connectivity index (χ3v) is 2.88. The smallest absolute Gasteiger partial charge is 0.226 e. The molecule has 1 aromatic carbocycles. The van der Waals surface area contributed by atoms with Crippen LogP contribution in [-0.4, -0.2) is 11.9 Å². The van der Waals surface area contributed by atoms with E-state index in [1.165, 1.54) is 0 Å². The lowest BCUT2D eigenvalue weighted by Gasteiger charge is -2.14. The van der Waals surface area contributed by atoms with Crippen LogP contribution in [0.4, 0.5) is 11.4 Å². The average Bonchev–Trinajstić information content (AvgIpc) is 2.37. The van der Waals surface area contributed by atoms with E-state index in [0.29, 0.717) is 17.1 Å². The van der Waals surface area contributed by atoms with Crippen molar-refractivity contribution in [1.29, 1.82) is 0 Å². The van der Waals surface area contributed by atoms with Crippen molar-refractivity contribution in [1.82, 2.24) is 0 Å². The summed E-state index contributed by atoms with van der Waals surface area (Å²) in [6.45, 7) is 2.06. The fraction of sp³-hybridized carbons (Fsp3) is 0.364. The van der Waals surface area contributed by atoms with Gasteiger partial charge in [-0.05, 0) is 18.6 Å². The number of carbonyl (C=O) groups is 1. The number of halogens is 1. The van der Waals surface area contributed by atoms with E-state index in [4.69, 9.17) is 11.6 Å². The summed E-state index contributed by atoms with van der Waals surface area (Å²) in [4.78, 5) is 11.6. The summed E-state index contributed by atoms with van der Waals surface area (Å²) >= 11 is 6.02. The van der Waals surface area contributed by atoms with Gasteiger partial charge in [-0.3, -0.25) is 4.79 Å². The summed E-state index contributed by atoms with van der Waals surface area (Å²) in [5.74, 6) is 0.0150. The fourth-order valence-electron chi connectivity index (χ4n) is 1.70. The van der Waals surface area contributed by atoms with Gasteiger partial charge < -0.3 is 10.6 Å². The highest BCUT2D eigenvalue weighted by molar-refractivity contribution is 6.34. The van der Waals surface area contributed by atoms with Gasteiger partial charge in [-0.1, -0.05) is 24.6 Å². The normalized spacial score (nSPS) is 19.9. The van der Waals surface area contributed by atoms with E-state index in [9.17, 15) is 4.79 Å². The van der Waals surface area contributed by atoms with Crippen molar-refractivity contribution in [2.24, 2.45) is 0 Å². The minimum atomic E-state index is 0.0150. The zero-order valence-corrected chi connectivity index (χ0v) is 9.27. The second-order valence-electron chi connectivity index (χ2n) is 3.66. The molecular weight excluding hydrogens is 212 g/mol. The molecule has 2 rings (SSSR count). The Morgan fingerprint density at radius 2 is 2.33 bits per heavy atom. The molecular formula is C11H13ClN2O. The lowest BCUT2D eigenvalue weighted by molar-refractivity contribution is -0.116. The van der Waals surface area contributed by atoms with Crippen molar-refractivity contribution < 1.29 is 4.79 Å². The Morgan fingerprint density at radius 3 is 3.07 bits per heavy atom. The number of amides is 1. The molecule has 1 aliphatic heterocycles. The summed E-state index contributed by atoms with van der Waals surface area (Å²) in [7, 11) is 0. The molecule has 2 N–H and O–H groups in total. The number of fused-ring (bicyclic) bond motifs is 1. The largest absolute Gasteiger partial charge is 0.380 e. The van der Waals surface area contributed by atoms with E-state index in [1.807, 2.05) is 12.1 Å². The van der Waals surface area contributed by atoms with Crippen molar-refractivity contribution >= 4 is 28.9 Å². The zero-order valence-electron chi connectivity index (χ0n) is 8.51. The third kappa shape index (κ3) is 2.07. The lowest BCUT2D eigenvalue weighted by Crippen LogP contribution is -2.21. The number of para-hydroxylation sites is 1. The Kier molecular flexibility index (Phi) is 2.82. The Labute approximate surface area is 93.8 Å². The van der Waals surface area contributed by atoms with Crippen LogP contribution >= 0.6 is 11.6 Å². The molecule has 1 aromatic rings. The van der Waals surface area contributed by atoms with Crippen molar-refractivity contribution in [3.8, 4) is 0 Å². The van der Waals surface area contributed by atoms with Crippen LogP contribution < -0.4 is 10.6 Å². The maximum absolute atomic E-state index is 11.6. The van der Waals surface area contributed by atoms with E-state index in [-0.39, 0.29) is 11.9 Å². The number of benzene rings is 1. The van der Waals surface area contributed by atoms with Crippen LogP contribution in [0.25, 0.3) is 0 Å². The van der Waals surface area contributed by atoms with Gasteiger partial charge in [0.05, 0.1) is 16.4 Å². The van der Waals surface area contributed by atoms with Crippen LogP contribution in [0.3, 0.4) is 0 Å². The number of nitrogens with one attached hydrogen (secondary N) is 2. The predicted octanol–water partition coefficient (Wildman–Crippen LogP) is 2.87. The van der Waals surface area contributed by atoms with Gasteiger partial charge in [0.25, 0.3) is 0 Å². The first-order chi connectivity index (χ1) is 7.20. The molecule has 0 bridgehead atoms. The molecule has 4 heteroatoms. The minimum absolute atomic E-state index is 0.0150. The van der Waals surface area contributed by atoms with E-state index in [1.54, 1.807) is 6.07 Å². The first-order valence-corrected chi connectivity index (χ1v) is 5.43. The van der Waals surface area contributed by atoms with Crippen LogP contribution in [0.1, 0.15) is 19.8 Å². The van der Waals surface area contributed by atoms with Gasteiger partial charge in [-0.25, -0.2) is 0 Å². The van der Waals surface area contributed by atoms with Crippen LogP contribution in [0.15, 0.2) is 18.2 Å². The number of hydrogen-bond acceptors (Lipinski definition) is 2. The Balaban J connectivity index is 2.40. The molecule has 80 valence electrons. The zero-order chi connectivity index (χ0) is 10.8. The molecule has 1 unspecified atom stereocenters. The monoisotopic (exact) mass is 224 g/mol. The first kappa shape index (κ1) is 10.3. The molecule has 0 saturated carbocycles. The average molecular weight is 225 g/mol. The quantitative estimate of drug-likeness (QED) is 0.770. The van der Waals surface area contributed by atoms with Gasteiger partial charge in [0.1, 0.15) is 0 Å². The fourth-order valence-corrected chi connectivity index (χ4v) is 1.92. The molecule has 0 radical (unpaired) electrons. The molecule has 1 atom stereocenters. The number of carbonyl (C=O) groups excluding carboxylic acids is 1. The highest BCUT2D eigenvalue weighted by Gasteiger charge is 2.20. The summed E-state index contributed by atoms with van der Waals surface area (Å²) in [6, 6.07) is 5.76. The molecule has 1 heterocycles. The number of anilines is 2. The molecule has 0 saturated heterocycles. The van der Waals surface area contributed by atoms with Gasteiger partial charge >= 0.3 is 0 Å². The third-order valence-electron chi connectivity index (χ3n) is 2.56. The molecule has 3 nitrogen and oxygen atoms in total. The molecule has 0 aromatic heterocycles. The van der Waals surface area contributed by atoms with E-state index >= 15 is 0 Å². The van der Waals surface area contributed by atoms with Crippen molar-refractivity contribution in [3.05, 3.63) is 23.2 Å². The second-order valence-corrected chi connectivity index (χ2v) is 4.07. The lowest BCUT2D eigenvalue weighted by atomic mass is 10.1. The first-order valence-electron chi connectivity index (χ1n) is 5.05. The van der Waals surface area contributed by atoms with Crippen LogP contribution in [0.2, 0.25) is 5.02 Å². The Morgan fingerprint density at radius 1 is 1.53 bits per heavy atom. The van der Waals surface area contributed by atoms with Crippen LogP contribution in [-0.2, 0) is 4.79 Å². The summed E-state index contributed by atoms with van der Waals surface area (Å²) in [5, 5.41) is 6.71. The molecule has 1 aliphatic rings.